The van der Waals surface area contributed by atoms with Crippen LogP contribution >= 0.6 is 11.8 Å². The number of hydrogen-bond donors (Lipinski definition) is 0. The molecule has 1 atom stereocenters. The maximum Gasteiger partial charge on any atom is 0.254 e. The van der Waals surface area contributed by atoms with Gasteiger partial charge in [-0.15, -0.1) is 11.8 Å². The van der Waals surface area contributed by atoms with Crippen molar-refractivity contribution < 1.29 is 4.79 Å². The number of carbonyl (C=O) groups excluding carboxylic acids is 1. The Bertz CT molecular complexity index is 631. The first-order valence-electron chi connectivity index (χ1n) is 6.93. The summed E-state index contributed by atoms with van der Waals surface area (Å²) in [7, 11) is 0. The fourth-order valence-electron chi connectivity index (χ4n) is 2.50. The van der Waals surface area contributed by atoms with Crippen LogP contribution in [0.15, 0.2) is 30.6 Å². The van der Waals surface area contributed by atoms with Crippen LogP contribution in [0, 0.1) is 0 Å². The van der Waals surface area contributed by atoms with Crippen LogP contribution in [0.4, 0.5) is 0 Å². The van der Waals surface area contributed by atoms with Crippen molar-refractivity contribution in [2.45, 2.75) is 25.1 Å². The van der Waals surface area contributed by atoms with E-state index in [1.54, 1.807) is 12.4 Å². The minimum Gasteiger partial charge on any atom is -0.326 e. The summed E-state index contributed by atoms with van der Waals surface area (Å²) in [5.41, 5.74) is 2.31. The summed E-state index contributed by atoms with van der Waals surface area (Å²) in [6.45, 7) is 3.00. The highest BCUT2D eigenvalue weighted by atomic mass is 32.2. The summed E-state index contributed by atoms with van der Waals surface area (Å²) in [5.74, 6) is 1.14. The quantitative estimate of drug-likeness (QED) is 0.870. The van der Waals surface area contributed by atoms with Crippen molar-refractivity contribution in [2.75, 3.05) is 12.3 Å². The molecule has 1 unspecified atom stereocenters. The summed E-state index contributed by atoms with van der Waals surface area (Å²) in [4.78, 5) is 23.1. The topological polar surface area (TPSA) is 46.1 Å². The lowest BCUT2D eigenvalue weighted by Gasteiger charge is -2.23. The van der Waals surface area contributed by atoms with E-state index in [4.69, 9.17) is 0 Å². The Kier molecular flexibility index (Phi) is 3.87. The number of nitrogens with zero attached hydrogens (tertiary/aromatic N) is 3. The Morgan fingerprint density at radius 2 is 2.15 bits per heavy atom. The Labute approximate surface area is 122 Å². The Morgan fingerprint density at radius 1 is 1.35 bits per heavy atom. The summed E-state index contributed by atoms with van der Waals surface area (Å²) in [6.07, 6.45) is 5.48. The Morgan fingerprint density at radius 3 is 2.95 bits per heavy atom. The van der Waals surface area contributed by atoms with E-state index < -0.39 is 0 Å². The highest BCUT2D eigenvalue weighted by molar-refractivity contribution is 8.00. The van der Waals surface area contributed by atoms with E-state index in [9.17, 15) is 4.79 Å². The fraction of sp³-hybridized carbons (Fsp3) is 0.400. The minimum atomic E-state index is 0.112. The van der Waals surface area contributed by atoms with Gasteiger partial charge in [0.2, 0.25) is 0 Å². The molecule has 3 rings (SSSR count). The van der Waals surface area contributed by atoms with Gasteiger partial charge in [-0.1, -0.05) is 13.3 Å². The average molecular weight is 287 g/mol. The van der Waals surface area contributed by atoms with E-state index in [1.165, 1.54) is 0 Å². The number of benzene rings is 1. The molecule has 104 valence electrons. The predicted octanol–water partition coefficient (Wildman–Crippen LogP) is 2.95. The molecule has 4 nitrogen and oxygen atoms in total. The van der Waals surface area contributed by atoms with Crippen molar-refractivity contribution >= 4 is 28.7 Å². The van der Waals surface area contributed by atoms with Gasteiger partial charge in [-0.3, -0.25) is 14.8 Å². The van der Waals surface area contributed by atoms with Gasteiger partial charge < -0.3 is 4.90 Å². The normalized spacial score (nSPS) is 18.6. The average Bonchev–Trinajstić information content (AvgIpc) is 2.94. The van der Waals surface area contributed by atoms with E-state index in [1.807, 2.05) is 34.9 Å². The van der Waals surface area contributed by atoms with E-state index in [0.29, 0.717) is 10.9 Å². The molecular formula is C15H17N3OS. The van der Waals surface area contributed by atoms with E-state index >= 15 is 0 Å². The van der Waals surface area contributed by atoms with Crippen LogP contribution in [0.2, 0.25) is 0 Å². The molecule has 5 heteroatoms. The van der Waals surface area contributed by atoms with Crippen molar-refractivity contribution in [1.82, 2.24) is 14.9 Å². The predicted molar refractivity (Wildman–Crippen MR) is 81.7 cm³/mol. The Hall–Kier alpha value is -1.62. The van der Waals surface area contributed by atoms with Crippen LogP contribution in [-0.4, -0.2) is 38.4 Å². The third-order valence-corrected chi connectivity index (χ3v) is 4.80. The number of carbonyl (C=O) groups is 1. The van der Waals surface area contributed by atoms with Crippen LogP contribution in [0.3, 0.4) is 0 Å². The van der Waals surface area contributed by atoms with Crippen LogP contribution in [0.1, 0.15) is 30.1 Å². The first-order chi connectivity index (χ1) is 9.79. The van der Waals surface area contributed by atoms with E-state index in [-0.39, 0.29) is 5.91 Å². The molecule has 2 aromatic rings. The van der Waals surface area contributed by atoms with Crippen LogP contribution in [-0.2, 0) is 0 Å². The zero-order valence-electron chi connectivity index (χ0n) is 11.5. The van der Waals surface area contributed by atoms with E-state index in [2.05, 4.69) is 16.9 Å². The molecule has 1 aromatic carbocycles. The smallest absolute Gasteiger partial charge is 0.254 e. The van der Waals surface area contributed by atoms with Gasteiger partial charge in [-0.25, -0.2) is 0 Å². The molecule has 1 aliphatic rings. The molecule has 0 saturated carbocycles. The zero-order chi connectivity index (χ0) is 13.9. The van der Waals surface area contributed by atoms with Crippen molar-refractivity contribution in [3.8, 4) is 0 Å². The van der Waals surface area contributed by atoms with Crippen molar-refractivity contribution in [2.24, 2.45) is 0 Å². The number of rotatable bonds is 3. The van der Waals surface area contributed by atoms with Crippen molar-refractivity contribution in [3.63, 3.8) is 0 Å². The highest BCUT2D eigenvalue weighted by Gasteiger charge is 2.29. The molecule has 0 aliphatic carbocycles. The van der Waals surface area contributed by atoms with Crippen LogP contribution in [0.5, 0.6) is 0 Å². The number of amides is 1. The molecule has 1 amide bonds. The number of thioether (sulfide) groups is 1. The monoisotopic (exact) mass is 287 g/mol. The fourth-order valence-corrected chi connectivity index (χ4v) is 3.86. The summed E-state index contributed by atoms with van der Waals surface area (Å²) >= 11 is 1.88. The van der Waals surface area contributed by atoms with Crippen molar-refractivity contribution in [3.05, 3.63) is 36.2 Å². The third-order valence-electron chi connectivity index (χ3n) is 3.50. The van der Waals surface area contributed by atoms with Gasteiger partial charge in [0.15, 0.2) is 0 Å². The molecular weight excluding hydrogens is 270 g/mol. The summed E-state index contributed by atoms with van der Waals surface area (Å²) < 4.78 is 0. The number of fused-ring (bicyclic) bond motifs is 1. The lowest BCUT2D eigenvalue weighted by Crippen LogP contribution is -2.34. The first-order valence-corrected chi connectivity index (χ1v) is 7.98. The second-order valence-corrected chi connectivity index (χ2v) is 6.16. The zero-order valence-corrected chi connectivity index (χ0v) is 12.3. The SMILES string of the molecule is CCCC1SCCN1C(=O)c1ccc2nccnc2c1. The molecule has 0 spiro atoms. The standard InChI is InChI=1S/C15H17N3OS/c1-2-3-14-18(8-9-20-14)15(19)11-4-5-12-13(10-11)17-7-6-16-12/h4-7,10,14H,2-3,8-9H2,1H3. The van der Waals surface area contributed by atoms with Crippen molar-refractivity contribution in [1.29, 1.82) is 0 Å². The minimum absolute atomic E-state index is 0.112. The van der Waals surface area contributed by atoms with Gasteiger partial charge in [-0.05, 0) is 24.6 Å². The third kappa shape index (κ3) is 2.50. The number of hydrogen-bond acceptors (Lipinski definition) is 4. The second-order valence-electron chi connectivity index (χ2n) is 4.87. The number of aromatic nitrogens is 2. The van der Waals surface area contributed by atoms with Gasteiger partial charge in [0.1, 0.15) is 0 Å². The van der Waals surface area contributed by atoms with Gasteiger partial charge in [0, 0.05) is 30.3 Å². The highest BCUT2D eigenvalue weighted by Crippen LogP contribution is 2.29. The van der Waals surface area contributed by atoms with Gasteiger partial charge >= 0.3 is 0 Å². The molecule has 0 N–H and O–H groups in total. The van der Waals surface area contributed by atoms with E-state index in [0.717, 1.165) is 36.2 Å². The molecule has 0 radical (unpaired) electrons. The molecule has 1 fully saturated rings. The molecule has 1 saturated heterocycles. The first kappa shape index (κ1) is 13.4. The molecule has 0 bridgehead atoms. The van der Waals surface area contributed by atoms with Gasteiger partial charge in [-0.2, -0.15) is 0 Å². The Balaban J connectivity index is 1.88. The maximum atomic E-state index is 12.6. The maximum absolute atomic E-state index is 12.6. The summed E-state index contributed by atoms with van der Waals surface area (Å²) in [5, 5.41) is 0.324. The lowest BCUT2D eigenvalue weighted by atomic mass is 10.1. The molecule has 1 aliphatic heterocycles. The molecule has 1 aromatic heterocycles. The molecule has 20 heavy (non-hydrogen) atoms. The van der Waals surface area contributed by atoms with Gasteiger partial charge in [0.25, 0.3) is 5.91 Å². The van der Waals surface area contributed by atoms with Crippen LogP contribution < -0.4 is 0 Å². The lowest BCUT2D eigenvalue weighted by molar-refractivity contribution is 0.0756. The summed E-state index contributed by atoms with van der Waals surface area (Å²) in [6, 6.07) is 5.57. The largest absolute Gasteiger partial charge is 0.326 e. The van der Waals surface area contributed by atoms with Gasteiger partial charge in [0.05, 0.1) is 16.4 Å². The molecule has 2 heterocycles. The second kappa shape index (κ2) is 5.79. The van der Waals surface area contributed by atoms with Crippen LogP contribution in [0.25, 0.3) is 11.0 Å².